The number of ether oxygens (including phenoxy) is 2. The highest BCUT2D eigenvalue weighted by Gasteiger charge is 2.37. The molecule has 0 fully saturated rings. The Morgan fingerprint density at radius 3 is 2.79 bits per heavy atom. The Labute approximate surface area is 211 Å². The van der Waals surface area contributed by atoms with Crippen LogP contribution in [0.3, 0.4) is 0 Å². The second-order valence-corrected chi connectivity index (χ2v) is 9.00. The normalized spacial score (nSPS) is 16.8. The molecule has 0 spiro atoms. The lowest BCUT2D eigenvalue weighted by molar-refractivity contribution is -0.139. The minimum Gasteiger partial charge on any atom is -0.484 e. The molecule has 1 N–H and O–H groups in total. The van der Waals surface area contributed by atoms with E-state index < -0.39 is 12.0 Å². The molecule has 4 rings (SSSR count). The minimum atomic E-state index is -0.430. The summed E-state index contributed by atoms with van der Waals surface area (Å²) < 4.78 is 11.0. The van der Waals surface area contributed by atoms with Crippen LogP contribution in [-0.2, 0) is 14.3 Å². The third-order valence-electron chi connectivity index (χ3n) is 5.09. The number of anilines is 1. The fourth-order valence-corrected chi connectivity index (χ4v) is 4.75. The maximum Gasteiger partial charge on any atom is 0.338 e. The molecule has 10 heteroatoms. The van der Waals surface area contributed by atoms with Crippen molar-refractivity contribution in [3.8, 4) is 5.75 Å². The Morgan fingerprint density at radius 1 is 1.21 bits per heavy atom. The molecule has 2 aliphatic heterocycles. The Morgan fingerprint density at radius 2 is 2.00 bits per heavy atom. The first-order valence-electron chi connectivity index (χ1n) is 10.4. The van der Waals surface area contributed by atoms with Gasteiger partial charge < -0.3 is 19.7 Å². The van der Waals surface area contributed by atoms with Crippen LogP contribution in [0.1, 0.15) is 25.5 Å². The highest BCUT2D eigenvalue weighted by atomic mass is 35.5. The highest BCUT2D eigenvalue weighted by molar-refractivity contribution is 8.16. The number of allylic oxidation sites excluding steroid dienone is 1. The SMILES string of the molecule is CCOC(=O)C1=C(C)N=C2SC=CN2[C@@H]1c1cccc(OCC(=O)Nc2cccc(Cl)c2Cl)c1. The lowest BCUT2D eigenvalue weighted by atomic mass is 9.94. The summed E-state index contributed by atoms with van der Waals surface area (Å²) in [5.74, 6) is -0.323. The Balaban J connectivity index is 1.53. The second-order valence-electron chi connectivity index (χ2n) is 7.34. The van der Waals surface area contributed by atoms with Crippen molar-refractivity contribution in [3.05, 3.63) is 81.0 Å². The monoisotopic (exact) mass is 517 g/mol. The number of amides is 1. The number of rotatable bonds is 7. The molecule has 1 atom stereocenters. The van der Waals surface area contributed by atoms with Gasteiger partial charge in [-0.25, -0.2) is 9.79 Å². The van der Waals surface area contributed by atoms with Crippen LogP contribution in [0, 0.1) is 0 Å². The van der Waals surface area contributed by atoms with Crippen LogP contribution in [0.4, 0.5) is 5.69 Å². The van der Waals surface area contributed by atoms with Crippen LogP contribution in [0.5, 0.6) is 5.75 Å². The van der Waals surface area contributed by atoms with Crippen molar-refractivity contribution in [1.29, 1.82) is 0 Å². The molecule has 0 radical (unpaired) electrons. The average molecular weight is 518 g/mol. The van der Waals surface area contributed by atoms with E-state index >= 15 is 0 Å². The van der Waals surface area contributed by atoms with Gasteiger partial charge in [-0.15, -0.1) is 0 Å². The van der Waals surface area contributed by atoms with Crippen molar-refractivity contribution >= 4 is 57.7 Å². The number of fused-ring (bicyclic) bond motifs is 1. The number of halogens is 2. The van der Waals surface area contributed by atoms with Crippen molar-refractivity contribution < 1.29 is 19.1 Å². The van der Waals surface area contributed by atoms with E-state index in [1.54, 1.807) is 44.2 Å². The van der Waals surface area contributed by atoms with E-state index in [9.17, 15) is 9.59 Å². The second kappa shape index (κ2) is 10.5. The number of amidine groups is 1. The van der Waals surface area contributed by atoms with Crippen molar-refractivity contribution in [2.75, 3.05) is 18.5 Å². The van der Waals surface area contributed by atoms with Crippen LogP contribution in [-0.4, -0.2) is 35.2 Å². The summed E-state index contributed by atoms with van der Waals surface area (Å²) in [6.07, 6.45) is 1.88. The standard InChI is InChI=1S/C24H21Cl2N3O4S/c1-3-32-23(31)20-14(2)27-24-29(10-11-34-24)22(20)15-6-4-7-16(12-15)33-13-19(30)28-18-9-5-8-17(25)21(18)26/h4-12,22H,3,13H2,1-2H3,(H,28,30)/t22-/m1/s1. The van der Waals surface area contributed by atoms with Gasteiger partial charge >= 0.3 is 5.97 Å². The first-order valence-corrected chi connectivity index (χ1v) is 12.1. The predicted molar refractivity (Wildman–Crippen MR) is 135 cm³/mol. The van der Waals surface area contributed by atoms with Gasteiger partial charge in [-0.05, 0) is 49.1 Å². The third kappa shape index (κ3) is 5.09. The maximum absolute atomic E-state index is 12.8. The number of carbonyl (C=O) groups excluding carboxylic acids is 2. The Bertz CT molecular complexity index is 1230. The maximum atomic E-state index is 12.8. The molecule has 34 heavy (non-hydrogen) atoms. The smallest absolute Gasteiger partial charge is 0.338 e. The zero-order chi connectivity index (χ0) is 24.2. The molecule has 0 saturated carbocycles. The number of aliphatic imine (C=N–C) groups is 1. The summed E-state index contributed by atoms with van der Waals surface area (Å²) in [5.41, 5.74) is 2.28. The molecule has 176 valence electrons. The lowest BCUT2D eigenvalue weighted by Gasteiger charge is -2.33. The Hall–Kier alpha value is -2.94. The zero-order valence-electron chi connectivity index (χ0n) is 18.4. The Kier molecular flexibility index (Phi) is 7.50. The van der Waals surface area contributed by atoms with Crippen LogP contribution in [0.2, 0.25) is 10.0 Å². The van der Waals surface area contributed by atoms with Crippen LogP contribution in [0.25, 0.3) is 0 Å². The van der Waals surface area contributed by atoms with E-state index in [1.165, 1.54) is 11.8 Å². The van der Waals surface area contributed by atoms with Crippen molar-refractivity contribution in [3.63, 3.8) is 0 Å². The molecule has 0 saturated heterocycles. The topological polar surface area (TPSA) is 80.2 Å². The number of thioether (sulfide) groups is 1. The number of carbonyl (C=O) groups is 2. The molecule has 0 aliphatic carbocycles. The van der Waals surface area contributed by atoms with E-state index in [2.05, 4.69) is 10.3 Å². The summed E-state index contributed by atoms with van der Waals surface area (Å²) in [6.45, 7) is 3.59. The van der Waals surface area contributed by atoms with Crippen LogP contribution >= 0.6 is 35.0 Å². The fourth-order valence-electron chi connectivity index (χ4n) is 3.61. The molecule has 2 aliphatic rings. The number of benzene rings is 2. The number of nitrogens with zero attached hydrogens (tertiary/aromatic N) is 2. The van der Waals surface area contributed by atoms with Crippen molar-refractivity contribution in [2.45, 2.75) is 19.9 Å². The first-order chi connectivity index (χ1) is 16.4. The van der Waals surface area contributed by atoms with Gasteiger partial charge in [0.15, 0.2) is 11.8 Å². The van der Waals surface area contributed by atoms with Gasteiger partial charge in [0, 0.05) is 6.20 Å². The molecule has 0 bridgehead atoms. The van der Waals surface area contributed by atoms with Crippen molar-refractivity contribution in [1.82, 2.24) is 4.90 Å². The summed E-state index contributed by atoms with van der Waals surface area (Å²) in [4.78, 5) is 31.7. The summed E-state index contributed by atoms with van der Waals surface area (Å²) in [6, 6.07) is 11.8. The van der Waals surface area contributed by atoms with Crippen molar-refractivity contribution in [2.24, 2.45) is 4.99 Å². The molecule has 1 amide bonds. The first kappa shape index (κ1) is 24.2. The number of nitrogens with one attached hydrogen (secondary N) is 1. The number of hydrogen-bond acceptors (Lipinski definition) is 7. The van der Waals surface area contributed by atoms with E-state index in [0.29, 0.717) is 27.7 Å². The molecule has 2 heterocycles. The molecule has 2 aromatic rings. The average Bonchev–Trinajstić information content (AvgIpc) is 3.28. The molecule has 7 nitrogen and oxygen atoms in total. The minimum absolute atomic E-state index is 0.233. The predicted octanol–water partition coefficient (Wildman–Crippen LogP) is 5.78. The summed E-state index contributed by atoms with van der Waals surface area (Å²) in [7, 11) is 0. The van der Waals surface area contributed by atoms with Gasteiger partial charge in [-0.3, -0.25) is 4.79 Å². The van der Waals surface area contributed by atoms with Gasteiger partial charge in [0.05, 0.1) is 39.7 Å². The molecule has 2 aromatic carbocycles. The summed E-state index contributed by atoms with van der Waals surface area (Å²) in [5, 5.41) is 5.99. The van der Waals surface area contributed by atoms with Crippen LogP contribution < -0.4 is 10.1 Å². The largest absolute Gasteiger partial charge is 0.484 e. The lowest BCUT2D eigenvalue weighted by Crippen LogP contribution is -2.34. The number of esters is 1. The molecule has 0 unspecified atom stereocenters. The molecular formula is C24H21Cl2N3O4S. The van der Waals surface area contributed by atoms with Gasteiger partial charge in [0.2, 0.25) is 0 Å². The van der Waals surface area contributed by atoms with E-state index in [1.807, 2.05) is 28.6 Å². The van der Waals surface area contributed by atoms with E-state index in [-0.39, 0.29) is 24.1 Å². The fraction of sp³-hybridized carbons (Fsp3) is 0.208. The van der Waals surface area contributed by atoms with Gasteiger partial charge in [0.1, 0.15) is 5.75 Å². The number of hydrogen-bond donors (Lipinski definition) is 1. The zero-order valence-corrected chi connectivity index (χ0v) is 20.7. The highest BCUT2D eigenvalue weighted by Crippen LogP contribution is 2.41. The van der Waals surface area contributed by atoms with Gasteiger partial charge in [-0.1, -0.05) is 53.2 Å². The molecular weight excluding hydrogens is 497 g/mol. The summed E-state index contributed by atoms with van der Waals surface area (Å²) >= 11 is 13.6. The van der Waals surface area contributed by atoms with E-state index in [0.717, 1.165) is 10.7 Å². The molecule has 0 aromatic heterocycles. The quantitative estimate of drug-likeness (QED) is 0.469. The third-order valence-corrected chi connectivity index (χ3v) is 6.67. The van der Waals surface area contributed by atoms with Crippen LogP contribution in [0.15, 0.2) is 70.3 Å². The van der Waals surface area contributed by atoms with E-state index in [4.69, 9.17) is 32.7 Å². The van der Waals surface area contributed by atoms with Gasteiger partial charge in [0.25, 0.3) is 5.91 Å². The van der Waals surface area contributed by atoms with Gasteiger partial charge in [-0.2, -0.15) is 0 Å².